The van der Waals surface area contributed by atoms with Crippen molar-refractivity contribution in [3.63, 3.8) is 0 Å². The van der Waals surface area contributed by atoms with Crippen LogP contribution in [-0.2, 0) is 31.4 Å². The van der Waals surface area contributed by atoms with Crippen molar-refractivity contribution in [1.82, 2.24) is 0 Å². The summed E-state index contributed by atoms with van der Waals surface area (Å²) in [6, 6.07) is 16.0. The van der Waals surface area contributed by atoms with Gasteiger partial charge in [-0.25, -0.2) is 0 Å². The second-order valence-electron chi connectivity index (χ2n) is 7.13. The van der Waals surface area contributed by atoms with E-state index in [2.05, 4.69) is 0 Å². The Bertz CT molecular complexity index is 1040. The molecular formula is C22H30N4O8SV. The summed E-state index contributed by atoms with van der Waals surface area (Å²) < 4.78 is 42.3. The Balaban J connectivity index is -0.000000976. The van der Waals surface area contributed by atoms with E-state index in [0.29, 0.717) is 12.8 Å². The third-order valence-corrected chi connectivity index (χ3v) is 4.03. The first kappa shape index (κ1) is 37.8. The molecule has 36 heavy (non-hydrogen) atoms. The van der Waals surface area contributed by atoms with Crippen molar-refractivity contribution in [1.29, 1.82) is 0 Å². The minimum atomic E-state index is -5.17. The zero-order valence-electron chi connectivity index (χ0n) is 20.2. The van der Waals surface area contributed by atoms with Gasteiger partial charge in [-0.15, -0.1) is 0 Å². The molecule has 1 aliphatic rings. The molecule has 2 aromatic rings. The molecule has 0 aromatic heterocycles. The molecule has 6 N–H and O–H groups in total. The summed E-state index contributed by atoms with van der Waals surface area (Å²) in [5.74, 6) is 0. The maximum absolute atomic E-state index is 8.52. The molecule has 3 rings (SSSR count). The van der Waals surface area contributed by atoms with E-state index >= 15 is 0 Å². The van der Waals surface area contributed by atoms with Crippen LogP contribution in [0.1, 0.15) is 40.5 Å². The molecule has 0 fully saturated rings. The molecule has 2 aromatic carbocycles. The van der Waals surface area contributed by atoms with E-state index < -0.39 is 10.4 Å². The Hall–Kier alpha value is -2.75. The average Bonchev–Trinajstić information content (AvgIpc) is 2.70. The van der Waals surface area contributed by atoms with Crippen LogP contribution < -0.4 is 0 Å². The molecule has 0 saturated heterocycles. The van der Waals surface area contributed by atoms with Crippen molar-refractivity contribution < 1.29 is 55.0 Å². The van der Waals surface area contributed by atoms with Gasteiger partial charge in [-0.2, -0.15) is 0 Å². The summed E-state index contributed by atoms with van der Waals surface area (Å²) in [4.78, 5) is 19.1. The Labute approximate surface area is 219 Å². The zero-order chi connectivity index (χ0) is 25.0. The molecule has 1 heterocycles. The summed E-state index contributed by atoms with van der Waals surface area (Å²) >= 11 is 1.06. The van der Waals surface area contributed by atoms with Gasteiger partial charge in [-0.3, -0.25) is 28.4 Å². The van der Waals surface area contributed by atoms with Crippen LogP contribution in [0, 0.1) is 0 Å². The first-order chi connectivity index (χ1) is 15.5. The van der Waals surface area contributed by atoms with Gasteiger partial charge in [-0.1, -0.05) is 24.3 Å². The van der Waals surface area contributed by atoms with Crippen LogP contribution in [0.3, 0.4) is 0 Å². The molecular weight excluding hydrogens is 531 g/mol. The van der Waals surface area contributed by atoms with Gasteiger partial charge in [0.2, 0.25) is 0 Å². The molecule has 1 aliphatic heterocycles. The number of rotatable bonds is 0. The first-order valence-electron chi connectivity index (χ1n) is 9.71. The van der Waals surface area contributed by atoms with Crippen LogP contribution in [0.2, 0.25) is 0 Å². The predicted octanol–water partition coefficient (Wildman–Crippen LogP) is 2.62. The Morgan fingerprint density at radius 3 is 0.917 bits per heavy atom. The first-order valence-corrected chi connectivity index (χ1v) is 11.6. The molecule has 0 amide bonds. The topological polar surface area (TPSA) is 241 Å². The molecule has 0 bridgehead atoms. The third kappa shape index (κ3) is 15.3. The van der Waals surface area contributed by atoms with Gasteiger partial charge >= 0.3 is 21.0 Å². The predicted molar refractivity (Wildman–Crippen MR) is 135 cm³/mol. The van der Waals surface area contributed by atoms with Crippen molar-refractivity contribution >= 4 is 56.0 Å². The number of nitrogens with zero attached hydrogens (tertiary/aromatic N) is 4. The van der Waals surface area contributed by atoms with Crippen LogP contribution in [0.4, 0.5) is 22.7 Å². The fourth-order valence-corrected chi connectivity index (χ4v) is 3.03. The fraction of sp³-hybridized carbons (Fsp3) is 0.273. The SMILES string of the molecule is CC1=Nc2ccccc2N=C(C)CC(C)=Nc2ccccc2N=C(C)C1.O.O.O.O=S(=O)([O-])[O-].[O]=[V+2]. The Morgan fingerprint density at radius 2 is 0.750 bits per heavy atom. The van der Waals surface area contributed by atoms with Crippen LogP contribution in [-0.4, -0.2) is 56.8 Å². The molecule has 0 radical (unpaired) electrons. The van der Waals surface area contributed by atoms with Crippen molar-refractivity contribution in [3.05, 3.63) is 48.5 Å². The second kappa shape index (κ2) is 18.5. The van der Waals surface area contributed by atoms with Gasteiger partial charge in [0.25, 0.3) is 0 Å². The van der Waals surface area contributed by atoms with Crippen molar-refractivity contribution in [2.45, 2.75) is 40.5 Å². The summed E-state index contributed by atoms with van der Waals surface area (Å²) in [7, 11) is -5.17. The van der Waals surface area contributed by atoms with Gasteiger partial charge in [0.1, 0.15) is 0 Å². The van der Waals surface area contributed by atoms with E-state index in [1.165, 1.54) is 0 Å². The maximum atomic E-state index is 8.52. The average molecular weight is 562 g/mol. The quantitative estimate of drug-likeness (QED) is 0.347. The van der Waals surface area contributed by atoms with Gasteiger partial charge in [0, 0.05) is 46.1 Å². The number of para-hydroxylation sites is 4. The molecule has 0 atom stereocenters. The molecule has 0 unspecified atom stereocenters. The van der Waals surface area contributed by atoms with E-state index in [9.17, 15) is 0 Å². The van der Waals surface area contributed by atoms with Gasteiger partial charge < -0.3 is 25.5 Å². The van der Waals surface area contributed by atoms with E-state index in [1.807, 2.05) is 76.2 Å². The van der Waals surface area contributed by atoms with Crippen LogP contribution in [0.5, 0.6) is 0 Å². The summed E-state index contributed by atoms with van der Waals surface area (Å²) in [5.41, 5.74) is 7.63. The molecule has 197 valence electrons. The van der Waals surface area contributed by atoms with E-state index in [4.69, 9.17) is 41.2 Å². The molecule has 12 nitrogen and oxygen atoms in total. The molecule has 0 aliphatic carbocycles. The number of aliphatic imine (C=N–C) groups is 4. The molecule has 0 spiro atoms. The summed E-state index contributed by atoms with van der Waals surface area (Å²) in [6.45, 7) is 8.14. The van der Waals surface area contributed by atoms with Gasteiger partial charge in [0.05, 0.1) is 22.7 Å². The van der Waals surface area contributed by atoms with E-state index in [1.54, 1.807) is 0 Å². The zero-order valence-corrected chi connectivity index (χ0v) is 22.4. The van der Waals surface area contributed by atoms with E-state index in [0.717, 1.165) is 63.0 Å². The van der Waals surface area contributed by atoms with Crippen LogP contribution in [0.15, 0.2) is 68.5 Å². The Kier molecular flexibility index (Phi) is 19.4. The normalized spacial score (nSPS) is 13.0. The number of fused-ring (bicyclic) bond motifs is 2. The molecule has 14 heteroatoms. The summed E-state index contributed by atoms with van der Waals surface area (Å²) in [6.07, 6.45) is 1.43. The standard InChI is InChI=1S/C22H24N4.H2O4S.3H2O.O.V/c1-15-13-16(2)24-21-11-7-8-12-22(21)26-18(4)14-17(3)25-20-10-6-5-9-19(20)23-15;1-5(2,3)4;;;;;/h5-12H,13-14H2,1-4H3;(H2,1,2,3,4);3*1H2;;/q;;;;;;+2/p-2. The summed E-state index contributed by atoms with van der Waals surface area (Å²) in [5, 5.41) is 0. The molecule has 0 saturated carbocycles. The number of hydrogen-bond donors (Lipinski definition) is 0. The van der Waals surface area contributed by atoms with Gasteiger partial charge in [-0.05, 0) is 52.0 Å². The van der Waals surface area contributed by atoms with Crippen molar-refractivity contribution in [3.8, 4) is 0 Å². The number of hydrogen-bond acceptors (Lipinski definition) is 9. The fourth-order valence-electron chi connectivity index (χ4n) is 3.03. The number of benzene rings is 2. The van der Waals surface area contributed by atoms with Crippen LogP contribution >= 0.6 is 0 Å². The van der Waals surface area contributed by atoms with Crippen molar-refractivity contribution in [2.75, 3.05) is 0 Å². The second-order valence-corrected chi connectivity index (χ2v) is 7.94. The monoisotopic (exact) mass is 561 g/mol. The third-order valence-electron chi connectivity index (χ3n) is 4.03. The van der Waals surface area contributed by atoms with Gasteiger partial charge in [0.15, 0.2) is 0 Å². The van der Waals surface area contributed by atoms with E-state index in [-0.39, 0.29) is 16.4 Å². The van der Waals surface area contributed by atoms with Crippen LogP contribution in [0.25, 0.3) is 0 Å². The van der Waals surface area contributed by atoms with Crippen molar-refractivity contribution in [2.24, 2.45) is 20.0 Å². The Morgan fingerprint density at radius 1 is 0.583 bits per heavy atom. The minimum absolute atomic E-state index is 0.